The van der Waals surface area contributed by atoms with Gasteiger partial charge in [-0.05, 0) is 49.4 Å². The van der Waals surface area contributed by atoms with Crippen molar-refractivity contribution in [3.05, 3.63) is 71.8 Å². The van der Waals surface area contributed by atoms with E-state index in [0.717, 1.165) is 42.6 Å². The Balaban J connectivity index is 1.41. The zero-order valence-electron chi connectivity index (χ0n) is 19.6. The minimum Gasteiger partial charge on any atom is -0.504 e. The summed E-state index contributed by atoms with van der Waals surface area (Å²) in [5.41, 5.74) is 1.48. The zero-order valence-corrected chi connectivity index (χ0v) is 19.6. The van der Waals surface area contributed by atoms with Gasteiger partial charge in [0.05, 0.1) is 23.5 Å². The number of phenols is 1. The molecule has 1 amide bonds. The third-order valence-corrected chi connectivity index (χ3v) is 8.99. The van der Waals surface area contributed by atoms with Crippen molar-refractivity contribution in [2.45, 2.75) is 61.3 Å². The molecule has 5 atom stereocenters. The summed E-state index contributed by atoms with van der Waals surface area (Å²) in [5, 5.41) is 23.2. The van der Waals surface area contributed by atoms with E-state index < -0.39 is 17.1 Å². The lowest BCUT2D eigenvalue weighted by atomic mass is 9.48. The number of ether oxygens (including phenoxy) is 1. The molecule has 1 saturated heterocycles. The predicted molar refractivity (Wildman–Crippen MR) is 129 cm³/mol. The van der Waals surface area contributed by atoms with Gasteiger partial charge in [0.15, 0.2) is 11.5 Å². The van der Waals surface area contributed by atoms with Crippen LogP contribution in [0.1, 0.15) is 36.0 Å². The molecule has 6 heteroatoms. The summed E-state index contributed by atoms with van der Waals surface area (Å²) >= 11 is 0. The second kappa shape index (κ2) is 7.59. The van der Waals surface area contributed by atoms with Crippen LogP contribution in [-0.4, -0.2) is 69.8 Å². The second-order valence-electron chi connectivity index (χ2n) is 10.4. The highest BCUT2D eigenvalue weighted by molar-refractivity contribution is 5.79. The zero-order chi connectivity index (χ0) is 23.7. The Kier molecular flexibility index (Phi) is 4.84. The fourth-order valence-corrected chi connectivity index (χ4v) is 7.47. The molecule has 1 spiro atoms. The summed E-state index contributed by atoms with van der Waals surface area (Å²) in [4.78, 5) is 17.5. The molecule has 34 heavy (non-hydrogen) atoms. The van der Waals surface area contributed by atoms with Crippen molar-refractivity contribution < 1.29 is 19.7 Å². The Morgan fingerprint density at radius 3 is 2.82 bits per heavy atom. The van der Waals surface area contributed by atoms with Crippen LogP contribution in [0.5, 0.6) is 11.5 Å². The highest BCUT2D eigenvalue weighted by Crippen LogP contribution is 2.65. The number of likely N-dealkylation sites (tertiary alicyclic amines) is 1. The van der Waals surface area contributed by atoms with Crippen LogP contribution in [-0.2, 0) is 23.1 Å². The lowest BCUT2D eigenvalue weighted by Crippen LogP contribution is -2.78. The van der Waals surface area contributed by atoms with Gasteiger partial charge in [-0.3, -0.25) is 9.69 Å². The maximum Gasteiger partial charge on any atom is 0.227 e. The number of phenolic OH excluding ortho intramolecular Hbond substituents is 1. The van der Waals surface area contributed by atoms with Crippen molar-refractivity contribution in [3.8, 4) is 11.5 Å². The molecule has 178 valence electrons. The fourth-order valence-electron chi connectivity index (χ4n) is 7.47. The van der Waals surface area contributed by atoms with E-state index in [4.69, 9.17) is 4.74 Å². The van der Waals surface area contributed by atoms with Gasteiger partial charge in [-0.2, -0.15) is 0 Å². The van der Waals surface area contributed by atoms with Gasteiger partial charge in [-0.15, -0.1) is 6.58 Å². The molecule has 2 aliphatic heterocycles. The Hall–Kier alpha value is -2.83. The van der Waals surface area contributed by atoms with Crippen LogP contribution in [0, 0.1) is 0 Å². The average Bonchev–Trinajstić information content (AvgIpc) is 3.18. The summed E-state index contributed by atoms with van der Waals surface area (Å²) in [7, 11) is 1.86. The predicted octanol–water partition coefficient (Wildman–Crippen LogP) is 2.80. The van der Waals surface area contributed by atoms with Gasteiger partial charge in [0.2, 0.25) is 5.91 Å². The Morgan fingerprint density at radius 1 is 1.26 bits per heavy atom. The second-order valence-corrected chi connectivity index (χ2v) is 10.4. The standard InChI is InChI=1S/C28H32N2O4/c1-3-14-30-15-13-27-24-19-9-10-21(31)25(24)34-26(27)20(11-12-28(27,33)22(30)17-19)29(2)23(32)16-18-7-5-4-6-8-18/h3-10,20,22,26,31,33H,1,11-17H2,2H3/t20-,22-,26+,27+,28-/m1/s1. The van der Waals surface area contributed by atoms with Crippen molar-refractivity contribution in [1.29, 1.82) is 0 Å². The van der Waals surface area contributed by atoms with Crippen molar-refractivity contribution in [1.82, 2.24) is 9.80 Å². The van der Waals surface area contributed by atoms with E-state index in [1.165, 1.54) is 0 Å². The van der Waals surface area contributed by atoms with Crippen molar-refractivity contribution >= 4 is 5.91 Å². The number of aromatic hydroxyl groups is 1. The summed E-state index contributed by atoms with van der Waals surface area (Å²) in [6, 6.07) is 13.3. The minimum atomic E-state index is -0.981. The summed E-state index contributed by atoms with van der Waals surface area (Å²) < 4.78 is 6.56. The molecule has 4 aliphatic rings. The first kappa shape index (κ1) is 21.7. The number of piperidine rings is 1. The van der Waals surface area contributed by atoms with Crippen LogP contribution in [0.3, 0.4) is 0 Å². The molecule has 0 radical (unpaired) electrons. The topological polar surface area (TPSA) is 73.2 Å². The monoisotopic (exact) mass is 460 g/mol. The molecule has 1 saturated carbocycles. The molecule has 0 unspecified atom stereocenters. The lowest BCUT2D eigenvalue weighted by Gasteiger charge is -2.64. The van der Waals surface area contributed by atoms with Crippen molar-refractivity contribution in [2.75, 3.05) is 20.1 Å². The Bertz CT molecular complexity index is 1150. The van der Waals surface area contributed by atoms with Gasteiger partial charge >= 0.3 is 0 Å². The van der Waals surface area contributed by atoms with Gasteiger partial charge in [-0.25, -0.2) is 0 Å². The third-order valence-electron chi connectivity index (χ3n) is 8.99. The highest BCUT2D eigenvalue weighted by atomic mass is 16.5. The first-order valence-electron chi connectivity index (χ1n) is 12.3. The SMILES string of the molecule is C=CCN1CC[C@]23c4c5ccc(O)c4O[C@H]2[C@H](N(C)C(=O)Cc2ccccc2)CC[C@@]3(O)[C@H]1C5. The van der Waals surface area contributed by atoms with Crippen molar-refractivity contribution in [3.63, 3.8) is 0 Å². The first-order valence-corrected chi connectivity index (χ1v) is 12.3. The Labute approximate surface area is 200 Å². The summed E-state index contributed by atoms with van der Waals surface area (Å²) in [6.45, 7) is 5.48. The van der Waals surface area contributed by atoms with Crippen LogP contribution in [0.15, 0.2) is 55.1 Å². The van der Waals surface area contributed by atoms with Crippen LogP contribution in [0.2, 0.25) is 0 Å². The van der Waals surface area contributed by atoms with Crippen LogP contribution < -0.4 is 4.74 Å². The molecule has 2 aromatic carbocycles. The summed E-state index contributed by atoms with van der Waals surface area (Å²) in [6.07, 6.45) is 4.53. The molecule has 6 rings (SSSR count). The number of nitrogens with zero attached hydrogens (tertiary/aromatic N) is 2. The smallest absolute Gasteiger partial charge is 0.227 e. The Morgan fingerprint density at radius 2 is 2.06 bits per heavy atom. The van der Waals surface area contributed by atoms with Crippen LogP contribution >= 0.6 is 0 Å². The molecular weight excluding hydrogens is 428 g/mol. The highest BCUT2D eigenvalue weighted by Gasteiger charge is 2.73. The van der Waals surface area contributed by atoms with Gasteiger partial charge in [0, 0.05) is 25.2 Å². The minimum absolute atomic E-state index is 0.0403. The average molecular weight is 461 g/mol. The number of amides is 1. The molecule has 6 nitrogen and oxygen atoms in total. The normalized spacial score (nSPS) is 33.1. The maximum atomic E-state index is 13.3. The van der Waals surface area contributed by atoms with E-state index in [1.54, 1.807) is 6.07 Å². The molecular formula is C28H32N2O4. The van der Waals surface area contributed by atoms with Crippen molar-refractivity contribution in [2.24, 2.45) is 0 Å². The number of carbonyl (C=O) groups is 1. The maximum absolute atomic E-state index is 13.3. The number of carbonyl (C=O) groups excluding carboxylic acids is 1. The van der Waals surface area contributed by atoms with Crippen LogP contribution in [0.25, 0.3) is 0 Å². The lowest BCUT2D eigenvalue weighted by molar-refractivity contribution is -0.198. The van der Waals surface area contributed by atoms with Gasteiger partial charge < -0.3 is 19.8 Å². The van der Waals surface area contributed by atoms with E-state index in [1.807, 2.05) is 54.4 Å². The number of hydrogen-bond donors (Lipinski definition) is 2. The van der Waals surface area contributed by atoms with E-state index in [-0.39, 0.29) is 23.7 Å². The molecule has 2 bridgehead atoms. The van der Waals surface area contributed by atoms with Gasteiger partial charge in [0.25, 0.3) is 0 Å². The molecule has 2 aromatic rings. The van der Waals surface area contributed by atoms with Gasteiger partial charge in [-0.1, -0.05) is 42.5 Å². The fraction of sp³-hybridized carbons (Fsp3) is 0.464. The summed E-state index contributed by atoms with van der Waals surface area (Å²) in [5.74, 6) is 0.666. The largest absolute Gasteiger partial charge is 0.504 e. The molecule has 2 fully saturated rings. The quantitative estimate of drug-likeness (QED) is 0.672. The van der Waals surface area contributed by atoms with E-state index in [0.29, 0.717) is 25.0 Å². The third kappa shape index (κ3) is 2.72. The van der Waals surface area contributed by atoms with Crippen LogP contribution in [0.4, 0.5) is 0 Å². The molecule has 2 aliphatic carbocycles. The van der Waals surface area contributed by atoms with E-state index in [9.17, 15) is 15.0 Å². The number of rotatable bonds is 5. The van der Waals surface area contributed by atoms with Gasteiger partial charge in [0.1, 0.15) is 6.10 Å². The number of hydrogen-bond acceptors (Lipinski definition) is 5. The molecule has 2 heterocycles. The molecule has 2 N–H and O–H groups in total. The number of benzene rings is 2. The van der Waals surface area contributed by atoms with E-state index >= 15 is 0 Å². The molecule has 0 aromatic heterocycles. The number of likely N-dealkylation sites (N-methyl/N-ethyl adjacent to an activating group) is 1. The van der Waals surface area contributed by atoms with E-state index in [2.05, 4.69) is 11.5 Å². The first-order chi connectivity index (χ1) is 16.4. The number of aliphatic hydroxyl groups is 1.